The average molecular weight is 589 g/mol. The third kappa shape index (κ3) is 6.49. The molecule has 2 N–H and O–H groups in total. The Morgan fingerprint density at radius 1 is 1.00 bits per heavy atom. The van der Waals surface area contributed by atoms with Crippen molar-refractivity contribution >= 4 is 49.9 Å². The molecule has 2 aromatic heterocycles. The molecule has 12 heteroatoms. The molecule has 3 heterocycles. The molecule has 0 saturated carbocycles. The van der Waals surface area contributed by atoms with E-state index in [2.05, 4.69) is 25.6 Å². The summed E-state index contributed by atoms with van der Waals surface area (Å²) in [6.45, 7) is 5.85. The number of sulfone groups is 1. The van der Waals surface area contributed by atoms with Crippen LogP contribution in [-0.2, 0) is 19.4 Å². The molecule has 0 bridgehead atoms. The van der Waals surface area contributed by atoms with Crippen LogP contribution in [0.25, 0.3) is 22.2 Å². The Bertz CT molecular complexity index is 1750. The fraction of sp³-hybridized carbons (Fsp3) is 0.300. The number of rotatable bonds is 6. The van der Waals surface area contributed by atoms with E-state index in [0.717, 1.165) is 23.8 Å². The number of ether oxygens (including phenoxy) is 1. The minimum atomic E-state index is -3.49. The Morgan fingerprint density at radius 2 is 1.74 bits per heavy atom. The number of benzene rings is 2. The van der Waals surface area contributed by atoms with E-state index in [4.69, 9.17) is 4.74 Å². The predicted octanol–water partition coefficient (Wildman–Crippen LogP) is 5.18. The molecule has 0 aliphatic carbocycles. The number of nitrogens with zero attached hydrogens (tertiary/aromatic N) is 4. The van der Waals surface area contributed by atoms with E-state index in [-0.39, 0.29) is 10.8 Å². The topological polar surface area (TPSA) is 143 Å². The summed E-state index contributed by atoms with van der Waals surface area (Å²) in [5.41, 5.74) is 3.74. The number of carbonyl (C=O) groups is 2. The van der Waals surface area contributed by atoms with Gasteiger partial charge in [0, 0.05) is 48.3 Å². The first-order chi connectivity index (χ1) is 19.9. The summed E-state index contributed by atoms with van der Waals surface area (Å²) >= 11 is 0. The Balaban J connectivity index is 1.39. The molecule has 1 aliphatic rings. The maximum atomic E-state index is 13.1. The number of likely N-dealkylation sites (tertiary alicyclic amines) is 1. The van der Waals surface area contributed by atoms with Crippen LogP contribution in [0.1, 0.15) is 33.6 Å². The van der Waals surface area contributed by atoms with Gasteiger partial charge in [-0.3, -0.25) is 24.6 Å². The van der Waals surface area contributed by atoms with Crippen LogP contribution < -0.4 is 10.6 Å². The van der Waals surface area contributed by atoms with Crippen molar-refractivity contribution in [3.63, 3.8) is 0 Å². The Morgan fingerprint density at radius 3 is 2.45 bits per heavy atom. The highest BCUT2D eigenvalue weighted by Gasteiger charge is 2.36. The van der Waals surface area contributed by atoms with Gasteiger partial charge in [0.25, 0.3) is 0 Å². The Hall–Kier alpha value is -4.58. The number of carbonyl (C=O) groups excluding carboxylic acids is 2. The number of pyridine rings is 1. The van der Waals surface area contributed by atoms with Gasteiger partial charge in [0.2, 0.25) is 5.91 Å². The zero-order chi connectivity index (χ0) is 30.1. The lowest BCUT2D eigenvalue weighted by Crippen LogP contribution is -2.45. The number of hydrogen-bond donors (Lipinski definition) is 2. The Kier molecular flexibility index (Phi) is 7.83. The molecular formula is C30H32N6O5S. The van der Waals surface area contributed by atoms with Gasteiger partial charge in [-0.15, -0.1) is 0 Å². The maximum absolute atomic E-state index is 13.1. The molecule has 2 aromatic carbocycles. The second kappa shape index (κ2) is 11.4. The smallest absolute Gasteiger partial charge is 0.410 e. The summed E-state index contributed by atoms with van der Waals surface area (Å²) in [7, 11) is -3.49. The van der Waals surface area contributed by atoms with Gasteiger partial charge in [-0.1, -0.05) is 12.1 Å². The molecule has 5 rings (SSSR count). The van der Waals surface area contributed by atoms with Gasteiger partial charge in [-0.2, -0.15) is 0 Å². The molecule has 1 unspecified atom stereocenters. The van der Waals surface area contributed by atoms with Crippen LogP contribution in [0, 0.1) is 0 Å². The third-order valence-electron chi connectivity index (χ3n) is 6.68. The van der Waals surface area contributed by atoms with E-state index >= 15 is 0 Å². The molecule has 0 radical (unpaired) electrons. The summed E-state index contributed by atoms with van der Waals surface area (Å²) in [5, 5.41) is 6.09. The normalized spacial score (nSPS) is 15.4. The van der Waals surface area contributed by atoms with Gasteiger partial charge in [0.15, 0.2) is 9.84 Å². The molecule has 1 saturated heterocycles. The molecule has 11 nitrogen and oxygen atoms in total. The monoisotopic (exact) mass is 588 g/mol. The van der Waals surface area contributed by atoms with Gasteiger partial charge in [0.1, 0.15) is 11.6 Å². The van der Waals surface area contributed by atoms with E-state index in [0.29, 0.717) is 41.1 Å². The molecule has 1 fully saturated rings. The van der Waals surface area contributed by atoms with E-state index in [1.54, 1.807) is 51.4 Å². The summed E-state index contributed by atoms with van der Waals surface area (Å²) in [4.78, 5) is 40.4. The first-order valence-corrected chi connectivity index (χ1v) is 15.3. The average Bonchev–Trinajstić information content (AvgIpc) is 3.43. The molecule has 42 heavy (non-hydrogen) atoms. The summed E-state index contributed by atoms with van der Waals surface area (Å²) < 4.78 is 30.1. The number of hydrogen-bond acceptors (Lipinski definition) is 9. The standard InChI is InChI=1S/C30H32N6O5S/c1-30(2,3)41-29(38)36-15-5-6-25(36)28(37)35-20-9-7-19(8-10-20)22-16-21(17-23-27(22)33-14-13-32-23)34-24-18-31-12-11-26(24)42(4,39)40/h7-14,16-18,25,34H,5-6,15H2,1-4H3,(H,35,37). The first kappa shape index (κ1) is 28.9. The minimum absolute atomic E-state index is 0.130. The van der Waals surface area contributed by atoms with Crippen LogP contribution in [0.2, 0.25) is 0 Å². The highest BCUT2D eigenvalue weighted by atomic mass is 32.2. The summed E-state index contributed by atoms with van der Waals surface area (Å²) in [5.74, 6) is -0.272. The fourth-order valence-corrected chi connectivity index (χ4v) is 5.67. The van der Waals surface area contributed by atoms with E-state index in [1.165, 1.54) is 23.4 Å². The molecule has 4 aromatic rings. The van der Waals surface area contributed by atoms with E-state index in [1.807, 2.05) is 18.2 Å². The van der Waals surface area contributed by atoms with Gasteiger partial charge < -0.3 is 15.4 Å². The van der Waals surface area contributed by atoms with Crippen molar-refractivity contribution < 1.29 is 22.7 Å². The van der Waals surface area contributed by atoms with Crippen molar-refractivity contribution in [1.29, 1.82) is 0 Å². The molecule has 1 atom stereocenters. The van der Waals surface area contributed by atoms with E-state index in [9.17, 15) is 18.0 Å². The van der Waals surface area contributed by atoms with Crippen molar-refractivity contribution in [1.82, 2.24) is 19.9 Å². The highest BCUT2D eigenvalue weighted by Crippen LogP contribution is 2.33. The van der Waals surface area contributed by atoms with Crippen LogP contribution in [0.3, 0.4) is 0 Å². The molecule has 0 spiro atoms. The van der Waals surface area contributed by atoms with Crippen LogP contribution in [0.5, 0.6) is 0 Å². The lowest BCUT2D eigenvalue weighted by atomic mass is 10.0. The van der Waals surface area contributed by atoms with Crippen LogP contribution in [0.4, 0.5) is 21.9 Å². The van der Waals surface area contributed by atoms with Crippen LogP contribution in [-0.4, -0.2) is 64.7 Å². The second-order valence-electron chi connectivity index (χ2n) is 11.1. The summed E-state index contributed by atoms with van der Waals surface area (Å²) in [6.07, 6.45) is 8.02. The van der Waals surface area contributed by atoms with Crippen molar-refractivity contribution in [2.75, 3.05) is 23.4 Å². The highest BCUT2D eigenvalue weighted by molar-refractivity contribution is 7.90. The van der Waals surface area contributed by atoms with Gasteiger partial charge >= 0.3 is 6.09 Å². The summed E-state index contributed by atoms with van der Waals surface area (Å²) in [6, 6.07) is 11.8. The largest absolute Gasteiger partial charge is 0.444 e. The molecular weight excluding hydrogens is 556 g/mol. The van der Waals surface area contributed by atoms with Crippen molar-refractivity contribution in [3.05, 3.63) is 67.3 Å². The fourth-order valence-electron chi connectivity index (χ4n) is 4.86. The lowest BCUT2D eigenvalue weighted by Gasteiger charge is -2.28. The van der Waals surface area contributed by atoms with E-state index < -0.39 is 27.6 Å². The predicted molar refractivity (Wildman–Crippen MR) is 160 cm³/mol. The lowest BCUT2D eigenvalue weighted by molar-refractivity contribution is -0.120. The van der Waals surface area contributed by atoms with Crippen molar-refractivity contribution in [2.45, 2.75) is 50.2 Å². The van der Waals surface area contributed by atoms with Crippen LogP contribution in [0.15, 0.2) is 72.1 Å². The zero-order valence-electron chi connectivity index (χ0n) is 23.8. The minimum Gasteiger partial charge on any atom is -0.444 e. The maximum Gasteiger partial charge on any atom is 0.410 e. The van der Waals surface area contributed by atoms with Gasteiger partial charge in [-0.25, -0.2) is 13.2 Å². The van der Waals surface area contributed by atoms with Gasteiger partial charge in [-0.05, 0) is 69.5 Å². The zero-order valence-corrected chi connectivity index (χ0v) is 24.6. The van der Waals surface area contributed by atoms with Crippen LogP contribution >= 0.6 is 0 Å². The molecule has 2 amide bonds. The molecule has 1 aliphatic heterocycles. The number of aromatic nitrogens is 3. The quantitative estimate of drug-likeness (QED) is 0.311. The number of fused-ring (bicyclic) bond motifs is 1. The number of nitrogens with one attached hydrogen (secondary N) is 2. The van der Waals surface area contributed by atoms with Crippen molar-refractivity contribution in [3.8, 4) is 11.1 Å². The SMILES string of the molecule is CC(C)(C)OC(=O)N1CCCC1C(=O)Nc1ccc(-c2cc(Nc3cnccc3S(C)(=O)=O)cc3nccnc23)cc1. The Labute approximate surface area is 244 Å². The van der Waals surface area contributed by atoms with Gasteiger partial charge in [0.05, 0.1) is 27.8 Å². The first-order valence-electron chi connectivity index (χ1n) is 13.5. The number of amides is 2. The third-order valence-corrected chi connectivity index (χ3v) is 7.84. The number of anilines is 3. The second-order valence-corrected chi connectivity index (χ2v) is 13.1. The molecule has 218 valence electrons. The van der Waals surface area contributed by atoms with Crippen molar-refractivity contribution in [2.24, 2.45) is 0 Å².